The van der Waals surface area contributed by atoms with Gasteiger partial charge in [0.05, 0.1) is 0 Å². The fourth-order valence-electron chi connectivity index (χ4n) is 4.33. The number of nitrogens with zero attached hydrogens (tertiary/aromatic N) is 1. The zero-order valence-corrected chi connectivity index (χ0v) is 12.8. The average molecular weight is 252 g/mol. The Labute approximate surface area is 114 Å². The lowest BCUT2D eigenvalue weighted by atomic mass is 9.70. The molecule has 1 aliphatic heterocycles. The van der Waals surface area contributed by atoms with Gasteiger partial charge in [-0.3, -0.25) is 4.90 Å². The molecule has 1 saturated heterocycles. The molecule has 0 aromatic rings. The van der Waals surface area contributed by atoms with E-state index < -0.39 is 0 Å². The van der Waals surface area contributed by atoms with E-state index in [1.165, 1.54) is 45.1 Å². The zero-order chi connectivity index (χ0) is 13.2. The molecule has 0 aromatic carbocycles. The summed E-state index contributed by atoms with van der Waals surface area (Å²) in [5.74, 6) is 0. The third-order valence-corrected chi connectivity index (χ3v) is 5.29. The number of hydrogen-bond donors (Lipinski definition) is 1. The van der Waals surface area contributed by atoms with Gasteiger partial charge in [0.15, 0.2) is 0 Å². The van der Waals surface area contributed by atoms with Gasteiger partial charge in [0.25, 0.3) is 0 Å². The molecular formula is C16H32N2. The minimum atomic E-state index is 0.458. The molecule has 1 saturated carbocycles. The Morgan fingerprint density at radius 1 is 1.17 bits per heavy atom. The molecule has 18 heavy (non-hydrogen) atoms. The Morgan fingerprint density at radius 2 is 1.94 bits per heavy atom. The number of rotatable bonds is 4. The van der Waals surface area contributed by atoms with Gasteiger partial charge < -0.3 is 5.32 Å². The Hall–Kier alpha value is -0.0800. The molecule has 2 nitrogen and oxygen atoms in total. The first-order chi connectivity index (χ1) is 8.60. The quantitative estimate of drug-likeness (QED) is 0.825. The zero-order valence-electron chi connectivity index (χ0n) is 12.8. The highest BCUT2D eigenvalue weighted by Crippen LogP contribution is 2.40. The van der Waals surface area contributed by atoms with Gasteiger partial charge in [-0.25, -0.2) is 0 Å². The fraction of sp³-hybridized carbons (Fsp3) is 1.00. The predicted octanol–water partition coefficient (Wildman–Crippen LogP) is 3.42. The Balaban J connectivity index is 2.13. The van der Waals surface area contributed by atoms with Crippen molar-refractivity contribution in [1.29, 1.82) is 0 Å². The Kier molecular flexibility index (Phi) is 4.71. The van der Waals surface area contributed by atoms with E-state index in [9.17, 15) is 0 Å². The van der Waals surface area contributed by atoms with Crippen LogP contribution in [0.4, 0.5) is 0 Å². The van der Waals surface area contributed by atoms with Crippen molar-refractivity contribution in [2.75, 3.05) is 13.1 Å². The van der Waals surface area contributed by atoms with Crippen LogP contribution < -0.4 is 5.32 Å². The highest BCUT2D eigenvalue weighted by atomic mass is 15.2. The van der Waals surface area contributed by atoms with Gasteiger partial charge in [0.2, 0.25) is 0 Å². The van der Waals surface area contributed by atoms with Crippen LogP contribution in [0.2, 0.25) is 0 Å². The molecular weight excluding hydrogens is 220 g/mol. The second kappa shape index (κ2) is 5.92. The van der Waals surface area contributed by atoms with Gasteiger partial charge >= 0.3 is 0 Å². The first-order valence-electron chi connectivity index (χ1n) is 8.09. The van der Waals surface area contributed by atoms with E-state index in [2.05, 4.69) is 37.9 Å². The maximum absolute atomic E-state index is 3.80. The van der Waals surface area contributed by atoms with Crippen LogP contribution in [0, 0.1) is 5.41 Å². The lowest BCUT2D eigenvalue weighted by Crippen LogP contribution is -2.59. The van der Waals surface area contributed by atoms with Gasteiger partial charge in [-0.15, -0.1) is 0 Å². The maximum Gasteiger partial charge on any atom is 0.0274 e. The first-order valence-corrected chi connectivity index (χ1v) is 8.09. The van der Waals surface area contributed by atoms with E-state index in [4.69, 9.17) is 0 Å². The van der Waals surface area contributed by atoms with Crippen LogP contribution in [0.1, 0.15) is 66.2 Å². The average Bonchev–Trinajstić information content (AvgIpc) is 2.79. The van der Waals surface area contributed by atoms with Gasteiger partial charge in [-0.05, 0) is 50.6 Å². The van der Waals surface area contributed by atoms with Crippen molar-refractivity contribution in [3.63, 3.8) is 0 Å². The monoisotopic (exact) mass is 252 g/mol. The SMILES string of the molecule is CCNC1C(N2CCCC2CC)CCCC1(C)C. The summed E-state index contributed by atoms with van der Waals surface area (Å²) in [5, 5.41) is 3.80. The minimum Gasteiger partial charge on any atom is -0.312 e. The van der Waals surface area contributed by atoms with E-state index in [1.807, 2.05) is 0 Å². The molecule has 2 rings (SSSR count). The molecule has 2 aliphatic rings. The van der Waals surface area contributed by atoms with Crippen molar-refractivity contribution >= 4 is 0 Å². The standard InChI is InChI=1S/C16H32N2/c1-5-13-9-8-12-18(13)14-10-7-11-16(3,4)15(14)17-6-2/h13-15,17H,5-12H2,1-4H3. The van der Waals surface area contributed by atoms with Crippen molar-refractivity contribution in [3.8, 4) is 0 Å². The minimum absolute atomic E-state index is 0.458. The summed E-state index contributed by atoms with van der Waals surface area (Å²) in [6.07, 6.45) is 8.35. The van der Waals surface area contributed by atoms with E-state index in [-0.39, 0.29) is 0 Å². The van der Waals surface area contributed by atoms with Crippen LogP contribution in [-0.4, -0.2) is 36.1 Å². The van der Waals surface area contributed by atoms with Crippen molar-refractivity contribution in [2.45, 2.75) is 84.3 Å². The fourth-order valence-corrected chi connectivity index (χ4v) is 4.33. The van der Waals surface area contributed by atoms with Gasteiger partial charge in [-0.2, -0.15) is 0 Å². The molecule has 1 heterocycles. The van der Waals surface area contributed by atoms with E-state index in [1.54, 1.807) is 0 Å². The van der Waals surface area contributed by atoms with Crippen molar-refractivity contribution in [3.05, 3.63) is 0 Å². The summed E-state index contributed by atoms with van der Waals surface area (Å²) in [6, 6.07) is 2.31. The van der Waals surface area contributed by atoms with Crippen LogP contribution in [-0.2, 0) is 0 Å². The molecule has 1 N–H and O–H groups in total. The number of likely N-dealkylation sites (tertiary alicyclic amines) is 1. The van der Waals surface area contributed by atoms with Gasteiger partial charge in [0, 0.05) is 18.1 Å². The summed E-state index contributed by atoms with van der Waals surface area (Å²) < 4.78 is 0. The van der Waals surface area contributed by atoms with Crippen molar-refractivity contribution in [2.24, 2.45) is 5.41 Å². The molecule has 2 fully saturated rings. The van der Waals surface area contributed by atoms with Gasteiger partial charge in [0.1, 0.15) is 0 Å². The predicted molar refractivity (Wildman–Crippen MR) is 78.9 cm³/mol. The normalized spacial score (nSPS) is 37.0. The molecule has 106 valence electrons. The molecule has 1 aliphatic carbocycles. The van der Waals surface area contributed by atoms with Crippen LogP contribution in [0.3, 0.4) is 0 Å². The van der Waals surface area contributed by atoms with E-state index in [0.29, 0.717) is 11.5 Å². The number of likely N-dealkylation sites (N-methyl/N-ethyl adjacent to an activating group) is 1. The summed E-state index contributed by atoms with van der Waals surface area (Å²) in [5.41, 5.74) is 0.458. The smallest absolute Gasteiger partial charge is 0.0274 e. The molecule has 0 amide bonds. The second-order valence-electron chi connectivity index (χ2n) is 6.93. The van der Waals surface area contributed by atoms with Crippen molar-refractivity contribution < 1.29 is 0 Å². The summed E-state index contributed by atoms with van der Waals surface area (Å²) in [6.45, 7) is 12.0. The van der Waals surface area contributed by atoms with Crippen LogP contribution in [0.15, 0.2) is 0 Å². The summed E-state index contributed by atoms with van der Waals surface area (Å²) in [4.78, 5) is 2.84. The third-order valence-electron chi connectivity index (χ3n) is 5.29. The van der Waals surface area contributed by atoms with E-state index in [0.717, 1.165) is 18.6 Å². The van der Waals surface area contributed by atoms with Crippen LogP contribution >= 0.6 is 0 Å². The summed E-state index contributed by atoms with van der Waals surface area (Å²) >= 11 is 0. The van der Waals surface area contributed by atoms with Crippen molar-refractivity contribution in [1.82, 2.24) is 10.2 Å². The van der Waals surface area contributed by atoms with Crippen LogP contribution in [0.25, 0.3) is 0 Å². The highest BCUT2D eigenvalue weighted by Gasteiger charge is 2.43. The molecule has 2 heteroatoms. The molecule has 0 radical (unpaired) electrons. The molecule has 3 atom stereocenters. The topological polar surface area (TPSA) is 15.3 Å². The largest absolute Gasteiger partial charge is 0.312 e. The summed E-state index contributed by atoms with van der Waals surface area (Å²) in [7, 11) is 0. The third kappa shape index (κ3) is 2.75. The first kappa shape index (κ1) is 14.3. The number of hydrogen-bond acceptors (Lipinski definition) is 2. The molecule has 0 spiro atoms. The maximum atomic E-state index is 3.80. The van der Waals surface area contributed by atoms with Gasteiger partial charge in [-0.1, -0.05) is 34.1 Å². The molecule has 0 aromatic heterocycles. The Bertz CT molecular complexity index is 262. The Morgan fingerprint density at radius 3 is 2.61 bits per heavy atom. The highest BCUT2D eigenvalue weighted by molar-refractivity contribution is 5.00. The second-order valence-corrected chi connectivity index (χ2v) is 6.93. The van der Waals surface area contributed by atoms with E-state index >= 15 is 0 Å². The molecule has 3 unspecified atom stereocenters. The lowest BCUT2D eigenvalue weighted by molar-refractivity contribution is 0.0409. The lowest BCUT2D eigenvalue weighted by Gasteiger charge is -2.49. The number of nitrogens with one attached hydrogen (secondary N) is 1. The molecule has 0 bridgehead atoms. The van der Waals surface area contributed by atoms with Crippen LogP contribution in [0.5, 0.6) is 0 Å².